The molecule has 0 bridgehead atoms. The van der Waals surface area contributed by atoms with Crippen LogP contribution in [0.1, 0.15) is 17.3 Å². The van der Waals surface area contributed by atoms with Crippen LogP contribution >= 0.6 is 15.9 Å². The SMILES string of the molecule is CC(=O)NCC(=O)c1ccc(Br)cc1. The molecule has 1 amide bonds. The van der Waals surface area contributed by atoms with E-state index < -0.39 is 0 Å². The van der Waals surface area contributed by atoms with Crippen molar-refractivity contribution in [1.29, 1.82) is 0 Å². The van der Waals surface area contributed by atoms with Gasteiger partial charge in [0.05, 0.1) is 6.54 Å². The maximum atomic E-state index is 11.4. The van der Waals surface area contributed by atoms with Gasteiger partial charge in [0.15, 0.2) is 5.78 Å². The summed E-state index contributed by atoms with van der Waals surface area (Å²) in [5.74, 6) is -0.289. The Morgan fingerprint density at radius 3 is 2.36 bits per heavy atom. The van der Waals surface area contributed by atoms with E-state index in [0.29, 0.717) is 5.56 Å². The zero-order chi connectivity index (χ0) is 10.6. The normalized spacial score (nSPS) is 9.57. The second kappa shape index (κ2) is 4.91. The number of hydrogen-bond acceptors (Lipinski definition) is 2. The van der Waals surface area contributed by atoms with Crippen LogP contribution < -0.4 is 5.32 Å². The highest BCUT2D eigenvalue weighted by Crippen LogP contribution is 2.10. The largest absolute Gasteiger partial charge is 0.349 e. The molecule has 1 aromatic rings. The molecule has 0 saturated heterocycles. The predicted molar refractivity (Wildman–Crippen MR) is 57.2 cm³/mol. The molecular weight excluding hydrogens is 246 g/mol. The lowest BCUT2D eigenvalue weighted by molar-refractivity contribution is -0.118. The summed E-state index contributed by atoms with van der Waals surface area (Å²) in [6.45, 7) is 1.44. The van der Waals surface area contributed by atoms with E-state index in [1.807, 2.05) is 0 Å². The summed E-state index contributed by atoms with van der Waals surface area (Å²) < 4.78 is 0.925. The minimum absolute atomic E-state index is 0.0525. The van der Waals surface area contributed by atoms with Crippen LogP contribution in [0, 0.1) is 0 Å². The van der Waals surface area contributed by atoms with Crippen molar-refractivity contribution in [3.63, 3.8) is 0 Å². The quantitative estimate of drug-likeness (QED) is 0.837. The summed E-state index contributed by atoms with van der Waals surface area (Å²) in [6.07, 6.45) is 0. The Morgan fingerprint density at radius 1 is 1.29 bits per heavy atom. The van der Waals surface area contributed by atoms with Crippen molar-refractivity contribution in [2.45, 2.75) is 6.92 Å². The Kier molecular flexibility index (Phi) is 3.83. The number of rotatable bonds is 3. The molecular formula is C10H10BrNO2. The summed E-state index contributed by atoms with van der Waals surface area (Å²) in [4.78, 5) is 22.0. The first kappa shape index (κ1) is 10.9. The van der Waals surface area contributed by atoms with Crippen LogP contribution in [-0.2, 0) is 4.79 Å². The van der Waals surface area contributed by atoms with Crippen molar-refractivity contribution in [3.8, 4) is 0 Å². The van der Waals surface area contributed by atoms with Gasteiger partial charge in [0, 0.05) is 17.0 Å². The number of carbonyl (C=O) groups excluding carboxylic acids is 2. The minimum atomic E-state index is -0.199. The molecule has 0 saturated carbocycles. The zero-order valence-electron chi connectivity index (χ0n) is 7.71. The summed E-state index contributed by atoms with van der Waals surface area (Å²) >= 11 is 3.28. The molecule has 1 rings (SSSR count). The Labute approximate surface area is 90.6 Å². The molecule has 0 atom stereocenters. The van der Waals surface area contributed by atoms with Gasteiger partial charge in [-0.3, -0.25) is 9.59 Å². The van der Waals surface area contributed by atoms with Crippen LogP contribution in [-0.4, -0.2) is 18.2 Å². The van der Waals surface area contributed by atoms with E-state index in [-0.39, 0.29) is 18.2 Å². The van der Waals surface area contributed by atoms with Crippen molar-refractivity contribution in [2.75, 3.05) is 6.54 Å². The third-order valence-electron chi connectivity index (χ3n) is 1.66. The fraction of sp³-hybridized carbons (Fsp3) is 0.200. The number of carbonyl (C=O) groups is 2. The van der Waals surface area contributed by atoms with E-state index in [2.05, 4.69) is 21.2 Å². The van der Waals surface area contributed by atoms with Crippen molar-refractivity contribution in [3.05, 3.63) is 34.3 Å². The molecule has 74 valence electrons. The molecule has 0 spiro atoms. The van der Waals surface area contributed by atoms with Gasteiger partial charge in [0.25, 0.3) is 0 Å². The summed E-state index contributed by atoms with van der Waals surface area (Å²) in [7, 11) is 0. The summed E-state index contributed by atoms with van der Waals surface area (Å²) in [5, 5.41) is 2.46. The first-order valence-corrected chi connectivity index (χ1v) is 4.92. The van der Waals surface area contributed by atoms with Gasteiger partial charge in [-0.2, -0.15) is 0 Å². The summed E-state index contributed by atoms with van der Waals surface area (Å²) in [6, 6.07) is 7.02. The molecule has 1 aromatic carbocycles. The van der Waals surface area contributed by atoms with Crippen LogP contribution in [0.5, 0.6) is 0 Å². The molecule has 0 fully saturated rings. The summed E-state index contributed by atoms with van der Waals surface area (Å²) in [5.41, 5.74) is 0.599. The fourth-order valence-electron chi connectivity index (χ4n) is 0.943. The highest BCUT2D eigenvalue weighted by molar-refractivity contribution is 9.10. The van der Waals surface area contributed by atoms with Gasteiger partial charge in [0.2, 0.25) is 5.91 Å². The lowest BCUT2D eigenvalue weighted by Gasteiger charge is -2.01. The molecule has 0 unspecified atom stereocenters. The Hall–Kier alpha value is -1.16. The van der Waals surface area contributed by atoms with Gasteiger partial charge in [-0.25, -0.2) is 0 Å². The maximum absolute atomic E-state index is 11.4. The molecule has 0 aliphatic heterocycles. The molecule has 14 heavy (non-hydrogen) atoms. The van der Waals surface area contributed by atoms with Crippen LogP contribution in [0.4, 0.5) is 0 Å². The third kappa shape index (κ3) is 3.30. The van der Waals surface area contributed by atoms with E-state index in [4.69, 9.17) is 0 Å². The first-order valence-electron chi connectivity index (χ1n) is 4.13. The first-order chi connectivity index (χ1) is 6.59. The Balaban J connectivity index is 2.61. The van der Waals surface area contributed by atoms with Gasteiger partial charge in [-0.1, -0.05) is 28.1 Å². The van der Waals surface area contributed by atoms with Crippen LogP contribution in [0.3, 0.4) is 0 Å². The number of amides is 1. The van der Waals surface area contributed by atoms with Crippen molar-refractivity contribution >= 4 is 27.6 Å². The average Bonchev–Trinajstić information content (AvgIpc) is 2.15. The second-order valence-electron chi connectivity index (χ2n) is 2.84. The number of Topliss-reactive ketones (excluding diaryl/α,β-unsaturated/α-hetero) is 1. The molecule has 0 heterocycles. The van der Waals surface area contributed by atoms with E-state index in [1.54, 1.807) is 24.3 Å². The van der Waals surface area contributed by atoms with Gasteiger partial charge in [0.1, 0.15) is 0 Å². The van der Waals surface area contributed by atoms with E-state index in [0.717, 1.165) is 4.47 Å². The van der Waals surface area contributed by atoms with Crippen molar-refractivity contribution in [1.82, 2.24) is 5.32 Å². The van der Waals surface area contributed by atoms with Gasteiger partial charge < -0.3 is 5.32 Å². The molecule has 0 aliphatic carbocycles. The van der Waals surface area contributed by atoms with Crippen molar-refractivity contribution in [2.24, 2.45) is 0 Å². The highest BCUT2D eigenvalue weighted by atomic mass is 79.9. The Morgan fingerprint density at radius 2 is 1.86 bits per heavy atom. The minimum Gasteiger partial charge on any atom is -0.349 e. The average molecular weight is 256 g/mol. The smallest absolute Gasteiger partial charge is 0.217 e. The standard InChI is InChI=1S/C10H10BrNO2/c1-7(13)12-6-10(14)8-2-4-9(11)5-3-8/h2-5H,6H2,1H3,(H,12,13). The topological polar surface area (TPSA) is 46.2 Å². The molecule has 0 aromatic heterocycles. The van der Waals surface area contributed by atoms with E-state index >= 15 is 0 Å². The van der Waals surface area contributed by atoms with Gasteiger partial charge in [-0.15, -0.1) is 0 Å². The molecule has 0 radical (unpaired) electrons. The van der Waals surface area contributed by atoms with Crippen LogP contribution in [0.25, 0.3) is 0 Å². The molecule has 0 aliphatic rings. The lowest BCUT2D eigenvalue weighted by atomic mass is 10.1. The second-order valence-corrected chi connectivity index (χ2v) is 3.76. The molecule has 1 N–H and O–H groups in total. The monoisotopic (exact) mass is 255 g/mol. The predicted octanol–water partition coefficient (Wildman–Crippen LogP) is 1.77. The third-order valence-corrected chi connectivity index (χ3v) is 2.19. The lowest BCUT2D eigenvalue weighted by Crippen LogP contribution is -2.27. The van der Waals surface area contributed by atoms with E-state index in [9.17, 15) is 9.59 Å². The fourth-order valence-corrected chi connectivity index (χ4v) is 1.21. The highest BCUT2D eigenvalue weighted by Gasteiger charge is 2.05. The molecule has 3 nitrogen and oxygen atoms in total. The van der Waals surface area contributed by atoms with Gasteiger partial charge >= 0.3 is 0 Å². The number of benzene rings is 1. The number of halogens is 1. The number of nitrogens with one attached hydrogen (secondary N) is 1. The van der Waals surface area contributed by atoms with Gasteiger partial charge in [-0.05, 0) is 12.1 Å². The maximum Gasteiger partial charge on any atom is 0.217 e. The molecule has 4 heteroatoms. The van der Waals surface area contributed by atoms with E-state index in [1.165, 1.54) is 6.92 Å². The zero-order valence-corrected chi connectivity index (χ0v) is 9.30. The van der Waals surface area contributed by atoms with Crippen molar-refractivity contribution < 1.29 is 9.59 Å². The number of hydrogen-bond donors (Lipinski definition) is 1. The Bertz CT molecular complexity index is 346. The van der Waals surface area contributed by atoms with Crippen LogP contribution in [0.15, 0.2) is 28.7 Å². The number of ketones is 1. The van der Waals surface area contributed by atoms with Crippen LogP contribution in [0.2, 0.25) is 0 Å².